The predicted molar refractivity (Wildman–Crippen MR) is 116 cm³/mol. The standard InChI is InChI=1S/C24H32N2O4/c1-18-8-10-20(11-9-18)16-22-23(30-17-29-15-14-28-2)21(25-24(27)26-22)13-12-19-6-4-3-5-7-19/h3-11,21-23H,12-17H2,1-2H3,(H2,25,26,27)/t21-,22-,23-/m1/s1. The van der Waals surface area contributed by atoms with Crippen LogP contribution in [0.4, 0.5) is 4.79 Å². The first kappa shape index (κ1) is 22.3. The van der Waals surface area contributed by atoms with Crippen molar-refractivity contribution in [3.63, 3.8) is 0 Å². The molecular formula is C24H32N2O4. The van der Waals surface area contributed by atoms with Crippen LogP contribution in [0.1, 0.15) is 23.1 Å². The molecule has 1 saturated heterocycles. The number of aryl methyl sites for hydroxylation is 2. The highest BCUT2D eigenvalue weighted by molar-refractivity contribution is 5.76. The third-order valence-electron chi connectivity index (χ3n) is 5.36. The van der Waals surface area contributed by atoms with Gasteiger partial charge in [-0.3, -0.25) is 0 Å². The Labute approximate surface area is 178 Å². The first-order valence-corrected chi connectivity index (χ1v) is 10.5. The molecule has 0 unspecified atom stereocenters. The fraction of sp³-hybridized carbons (Fsp3) is 0.458. The zero-order chi connectivity index (χ0) is 21.2. The summed E-state index contributed by atoms with van der Waals surface area (Å²) in [5, 5.41) is 6.11. The highest BCUT2D eigenvalue weighted by atomic mass is 16.7. The van der Waals surface area contributed by atoms with Gasteiger partial charge in [0, 0.05) is 7.11 Å². The minimum atomic E-state index is -0.199. The van der Waals surface area contributed by atoms with Crippen molar-refractivity contribution in [2.75, 3.05) is 27.1 Å². The fourth-order valence-electron chi connectivity index (χ4n) is 3.73. The van der Waals surface area contributed by atoms with E-state index in [0.29, 0.717) is 19.6 Å². The monoisotopic (exact) mass is 412 g/mol. The molecule has 3 atom stereocenters. The van der Waals surface area contributed by atoms with Crippen molar-refractivity contribution in [2.24, 2.45) is 0 Å². The molecule has 2 aromatic carbocycles. The summed E-state index contributed by atoms with van der Waals surface area (Å²) in [6.45, 7) is 3.23. The lowest BCUT2D eigenvalue weighted by Crippen LogP contribution is -2.64. The smallest absolute Gasteiger partial charge is 0.315 e. The number of rotatable bonds is 11. The molecule has 6 heteroatoms. The van der Waals surface area contributed by atoms with Crippen LogP contribution in [0.3, 0.4) is 0 Å². The lowest BCUT2D eigenvalue weighted by atomic mass is 9.91. The Balaban J connectivity index is 1.68. The minimum Gasteiger partial charge on any atom is -0.382 e. The molecule has 0 aromatic heterocycles. The van der Waals surface area contributed by atoms with Crippen molar-refractivity contribution < 1.29 is 19.0 Å². The second-order valence-electron chi connectivity index (χ2n) is 7.69. The average molecular weight is 413 g/mol. The first-order chi connectivity index (χ1) is 14.7. The molecule has 2 N–H and O–H groups in total. The van der Waals surface area contributed by atoms with E-state index in [-0.39, 0.29) is 31.0 Å². The molecule has 0 radical (unpaired) electrons. The van der Waals surface area contributed by atoms with E-state index in [0.717, 1.165) is 12.8 Å². The van der Waals surface area contributed by atoms with E-state index in [1.807, 2.05) is 18.2 Å². The Hall–Kier alpha value is -2.41. The van der Waals surface area contributed by atoms with Crippen molar-refractivity contribution in [1.29, 1.82) is 0 Å². The Morgan fingerprint density at radius 1 is 0.900 bits per heavy atom. The molecule has 6 nitrogen and oxygen atoms in total. The summed E-state index contributed by atoms with van der Waals surface area (Å²) in [4.78, 5) is 12.4. The van der Waals surface area contributed by atoms with E-state index in [9.17, 15) is 4.79 Å². The highest BCUT2D eigenvalue weighted by Crippen LogP contribution is 2.19. The number of hydrogen-bond acceptors (Lipinski definition) is 4. The third-order valence-corrected chi connectivity index (χ3v) is 5.36. The van der Waals surface area contributed by atoms with E-state index in [4.69, 9.17) is 14.2 Å². The SMILES string of the molecule is COCCOCO[C@@H]1[C@@H](CCc2ccccc2)NC(=O)N[C@@H]1Cc1ccc(C)cc1. The van der Waals surface area contributed by atoms with E-state index in [1.54, 1.807) is 7.11 Å². The van der Waals surface area contributed by atoms with Crippen LogP contribution < -0.4 is 10.6 Å². The van der Waals surface area contributed by atoms with Gasteiger partial charge in [-0.05, 0) is 37.3 Å². The number of carbonyl (C=O) groups excluding carboxylic acids is 1. The van der Waals surface area contributed by atoms with Crippen LogP contribution in [0.5, 0.6) is 0 Å². The van der Waals surface area contributed by atoms with Gasteiger partial charge in [0.15, 0.2) is 0 Å². The average Bonchev–Trinajstić information content (AvgIpc) is 2.75. The largest absolute Gasteiger partial charge is 0.382 e. The fourth-order valence-corrected chi connectivity index (χ4v) is 3.73. The molecular weight excluding hydrogens is 380 g/mol. The van der Waals surface area contributed by atoms with Gasteiger partial charge in [-0.15, -0.1) is 0 Å². The summed E-state index contributed by atoms with van der Waals surface area (Å²) in [7, 11) is 1.64. The zero-order valence-electron chi connectivity index (χ0n) is 17.8. The number of carbonyl (C=O) groups is 1. The Kier molecular flexibility index (Phi) is 8.68. The molecule has 0 saturated carbocycles. The molecule has 3 rings (SSSR count). The molecule has 0 bridgehead atoms. The lowest BCUT2D eigenvalue weighted by Gasteiger charge is -2.39. The van der Waals surface area contributed by atoms with Gasteiger partial charge in [0.05, 0.1) is 25.3 Å². The van der Waals surface area contributed by atoms with E-state index in [1.165, 1.54) is 16.7 Å². The number of urea groups is 1. The van der Waals surface area contributed by atoms with Crippen molar-refractivity contribution in [3.05, 3.63) is 71.3 Å². The number of nitrogens with one attached hydrogen (secondary N) is 2. The van der Waals surface area contributed by atoms with Crippen LogP contribution in [-0.2, 0) is 27.1 Å². The Morgan fingerprint density at radius 3 is 2.37 bits per heavy atom. The molecule has 30 heavy (non-hydrogen) atoms. The van der Waals surface area contributed by atoms with Crippen molar-refractivity contribution in [2.45, 2.75) is 44.4 Å². The van der Waals surface area contributed by atoms with Crippen molar-refractivity contribution >= 4 is 6.03 Å². The van der Waals surface area contributed by atoms with Gasteiger partial charge in [0.1, 0.15) is 12.9 Å². The molecule has 2 amide bonds. The van der Waals surface area contributed by atoms with Crippen molar-refractivity contribution in [3.8, 4) is 0 Å². The quantitative estimate of drug-likeness (QED) is 0.439. The number of methoxy groups -OCH3 is 1. The van der Waals surface area contributed by atoms with Crippen LogP contribution in [0.15, 0.2) is 54.6 Å². The normalized spacial score (nSPS) is 21.1. The maximum atomic E-state index is 12.4. The van der Waals surface area contributed by atoms with Gasteiger partial charge in [-0.1, -0.05) is 60.2 Å². The molecule has 162 valence electrons. The number of benzene rings is 2. The first-order valence-electron chi connectivity index (χ1n) is 10.5. The van der Waals surface area contributed by atoms with E-state index >= 15 is 0 Å². The van der Waals surface area contributed by atoms with Crippen LogP contribution in [0.2, 0.25) is 0 Å². The molecule has 0 spiro atoms. The van der Waals surface area contributed by atoms with Crippen LogP contribution >= 0.6 is 0 Å². The second kappa shape index (κ2) is 11.7. The molecule has 0 aliphatic carbocycles. The summed E-state index contributed by atoms with van der Waals surface area (Å²) in [5.41, 5.74) is 3.63. The molecule has 1 fully saturated rings. The van der Waals surface area contributed by atoms with Gasteiger partial charge in [-0.2, -0.15) is 0 Å². The minimum absolute atomic E-state index is 0.0968. The summed E-state index contributed by atoms with van der Waals surface area (Å²) in [5.74, 6) is 0. The van der Waals surface area contributed by atoms with E-state index < -0.39 is 0 Å². The number of ether oxygens (including phenoxy) is 3. The van der Waals surface area contributed by atoms with Gasteiger partial charge in [0.25, 0.3) is 0 Å². The molecule has 1 heterocycles. The maximum absolute atomic E-state index is 12.4. The number of hydrogen-bond donors (Lipinski definition) is 2. The van der Waals surface area contributed by atoms with Crippen LogP contribution in [0.25, 0.3) is 0 Å². The van der Waals surface area contributed by atoms with Crippen LogP contribution in [-0.4, -0.2) is 51.3 Å². The predicted octanol–water partition coefficient (Wildman–Crippen LogP) is 3.23. The molecule has 2 aromatic rings. The Morgan fingerprint density at radius 2 is 1.63 bits per heavy atom. The van der Waals surface area contributed by atoms with Crippen LogP contribution in [0, 0.1) is 6.92 Å². The highest BCUT2D eigenvalue weighted by Gasteiger charge is 2.37. The summed E-state index contributed by atoms with van der Waals surface area (Å²) < 4.78 is 16.7. The van der Waals surface area contributed by atoms with Gasteiger partial charge in [-0.25, -0.2) is 4.79 Å². The van der Waals surface area contributed by atoms with Gasteiger partial charge < -0.3 is 24.8 Å². The third kappa shape index (κ3) is 6.83. The summed E-state index contributed by atoms with van der Waals surface area (Å²) in [6.07, 6.45) is 2.17. The Bertz CT molecular complexity index is 767. The van der Waals surface area contributed by atoms with Crippen molar-refractivity contribution in [1.82, 2.24) is 10.6 Å². The second-order valence-corrected chi connectivity index (χ2v) is 7.69. The van der Waals surface area contributed by atoms with E-state index in [2.05, 4.69) is 54.0 Å². The molecule has 1 aliphatic rings. The maximum Gasteiger partial charge on any atom is 0.315 e. The topological polar surface area (TPSA) is 68.8 Å². The van der Waals surface area contributed by atoms with Gasteiger partial charge in [0.2, 0.25) is 0 Å². The summed E-state index contributed by atoms with van der Waals surface area (Å²) in [6, 6.07) is 18.3. The zero-order valence-corrected chi connectivity index (χ0v) is 17.8. The van der Waals surface area contributed by atoms with Gasteiger partial charge >= 0.3 is 6.03 Å². The molecule has 1 aliphatic heterocycles. The lowest BCUT2D eigenvalue weighted by molar-refractivity contribution is -0.118. The number of amides is 2. The summed E-state index contributed by atoms with van der Waals surface area (Å²) >= 11 is 0.